The highest BCUT2D eigenvalue weighted by Gasteiger charge is 2.08. The lowest BCUT2D eigenvalue weighted by Gasteiger charge is -2.08. The Kier molecular flexibility index (Phi) is 48.6. The molecule has 18 heteroatoms. The van der Waals surface area contributed by atoms with Gasteiger partial charge in [0.2, 0.25) is 70.6 Å². The van der Waals surface area contributed by atoms with Crippen molar-refractivity contribution >= 4 is 0 Å². The van der Waals surface area contributed by atoms with Crippen molar-refractivity contribution in [2.75, 3.05) is 79.3 Å². The summed E-state index contributed by atoms with van der Waals surface area (Å²) in [6.45, 7) is 7.56. The van der Waals surface area contributed by atoms with Gasteiger partial charge in [0, 0.05) is 72.8 Å². The number of allylic oxidation sites excluding steroid dienone is 12. The zero-order chi connectivity index (χ0) is 74.8. The van der Waals surface area contributed by atoms with Crippen LogP contribution in [0.4, 0.5) is 0 Å². The second kappa shape index (κ2) is 60.9. The molecule has 588 valence electrons. The first-order chi connectivity index (χ1) is 53.7. The third kappa shape index (κ3) is 44.9. The van der Waals surface area contributed by atoms with Gasteiger partial charge in [0.1, 0.15) is 0 Å². The number of nitrogens with zero attached hydrogens (tertiary/aromatic N) is 6. The van der Waals surface area contributed by atoms with E-state index in [1.807, 2.05) is 109 Å². The van der Waals surface area contributed by atoms with Gasteiger partial charge in [-0.05, 0) is 231 Å². The fraction of sp³-hybridized carbons (Fsp3) is 0.533. The number of pyridine rings is 6. The molecular weight excluding hydrogens is 1360 g/mol. The number of fused-ring (bicyclic) bond motifs is 12. The van der Waals surface area contributed by atoms with Gasteiger partial charge in [-0.15, -0.1) is 0 Å². The van der Waals surface area contributed by atoms with Gasteiger partial charge in [-0.3, -0.25) is 0 Å². The standard InChI is InChI=1S/C90H126N6O12/c1-2-14-26-38-68-98-80-56-50-58-82(92-80)100-70-40-28-16-5-6-18-30-42-72-102-84-60-52-62-86(94-84)104-74-44-32-20-9-10-22-34-46-76-106-88-64-54-66-90(96-88)108-78-48-36-24-12-11-23-35-47-77-107-89-65-53-63-87(95-89)105-75-45-33-21-8-7-19-31-43-73-103-85-61-51-59-83(93-85)101-71-41-29-17-4-3-15-27-39-69-99-81-57-49-55-79(91-81)97-67-37-25-13-1/h1-12,49-66H,13-48,67-78H2. The molecule has 6 aromatic heterocycles. The van der Waals surface area contributed by atoms with E-state index in [1.54, 1.807) is 0 Å². The normalized spacial score (nSPS) is 18.0. The fourth-order valence-corrected chi connectivity index (χ4v) is 11.2. The third-order valence-corrected chi connectivity index (χ3v) is 17.4. The predicted molar refractivity (Wildman–Crippen MR) is 432 cm³/mol. The summed E-state index contributed by atoms with van der Waals surface area (Å²) in [5, 5.41) is 0. The Morgan fingerprint density at radius 3 is 0.315 bits per heavy atom. The van der Waals surface area contributed by atoms with Crippen LogP contribution in [-0.4, -0.2) is 109 Å². The molecule has 0 unspecified atom stereocenters. The SMILES string of the molecule is C1=CCCCCOc2cccc(n2)OCCCCC=CCCCCOc2cccc(n2)OCCCCC=CCCCCOc2cccc(n2)OCCCCC=CCCCCOc2cccc(n2)OCCCCC=CCCCCOc2cccc(n2)OCCCCC=CCCCCOc2cccc(n2)OCCCC1. The molecule has 6 aromatic rings. The molecule has 0 spiro atoms. The monoisotopic (exact) mass is 1480 g/mol. The van der Waals surface area contributed by atoms with E-state index in [2.05, 4.69) is 103 Å². The van der Waals surface area contributed by atoms with Crippen molar-refractivity contribution in [1.29, 1.82) is 0 Å². The van der Waals surface area contributed by atoms with Gasteiger partial charge in [0.05, 0.1) is 79.3 Å². The molecule has 7 rings (SSSR count). The van der Waals surface area contributed by atoms with Crippen LogP contribution in [0.3, 0.4) is 0 Å². The van der Waals surface area contributed by atoms with Crippen molar-refractivity contribution in [1.82, 2.24) is 29.9 Å². The Bertz CT molecular complexity index is 2640. The summed E-state index contributed by atoms with van der Waals surface area (Å²) in [4.78, 5) is 27.4. The maximum atomic E-state index is 5.96. The maximum absolute atomic E-state index is 5.96. The van der Waals surface area contributed by atoms with Crippen LogP contribution in [0, 0.1) is 0 Å². The highest BCUT2D eigenvalue weighted by molar-refractivity contribution is 5.24. The molecule has 0 radical (unpaired) electrons. The van der Waals surface area contributed by atoms with Gasteiger partial charge in [0.25, 0.3) is 0 Å². The topological polar surface area (TPSA) is 188 Å². The molecule has 7 heterocycles. The van der Waals surface area contributed by atoms with Crippen LogP contribution >= 0.6 is 0 Å². The van der Waals surface area contributed by atoms with E-state index in [1.165, 1.54) is 0 Å². The Hall–Kier alpha value is -9.06. The van der Waals surface area contributed by atoms with Crippen molar-refractivity contribution < 1.29 is 56.8 Å². The van der Waals surface area contributed by atoms with Crippen LogP contribution < -0.4 is 56.8 Å². The summed E-state index contributed by atoms with van der Waals surface area (Å²) in [5.41, 5.74) is 0. The Balaban J connectivity index is 0.718. The van der Waals surface area contributed by atoms with Crippen molar-refractivity contribution in [3.8, 4) is 70.6 Å². The minimum atomic E-state index is 0.608. The average Bonchev–Trinajstić information content (AvgIpc) is 0.959. The predicted octanol–water partition coefficient (Wildman–Crippen LogP) is 22.5. The molecule has 0 saturated carbocycles. The second-order valence-electron chi connectivity index (χ2n) is 26.8. The Morgan fingerprint density at radius 2 is 0.222 bits per heavy atom. The number of rotatable bonds is 0. The van der Waals surface area contributed by atoms with Gasteiger partial charge in [0.15, 0.2) is 0 Å². The van der Waals surface area contributed by atoms with Crippen molar-refractivity contribution in [2.24, 2.45) is 0 Å². The van der Waals surface area contributed by atoms with Crippen LogP contribution in [0.1, 0.15) is 231 Å². The first-order valence-corrected chi connectivity index (χ1v) is 41.0. The smallest absolute Gasteiger partial charge is 0.216 e. The van der Waals surface area contributed by atoms with E-state index in [0.717, 1.165) is 231 Å². The van der Waals surface area contributed by atoms with Crippen LogP contribution in [0.2, 0.25) is 0 Å². The summed E-state index contributed by atoms with van der Waals surface area (Å²) in [7, 11) is 0. The van der Waals surface area contributed by atoms with E-state index in [9.17, 15) is 0 Å². The molecule has 1 aliphatic rings. The van der Waals surface area contributed by atoms with E-state index in [-0.39, 0.29) is 0 Å². The van der Waals surface area contributed by atoms with Gasteiger partial charge < -0.3 is 56.8 Å². The molecule has 0 saturated heterocycles. The number of ether oxygens (including phenoxy) is 12. The average molecular weight is 1480 g/mol. The number of hydrogen-bond acceptors (Lipinski definition) is 18. The number of hydrogen-bond donors (Lipinski definition) is 0. The molecule has 1 aliphatic heterocycles. The fourth-order valence-electron chi connectivity index (χ4n) is 11.2. The lowest BCUT2D eigenvalue weighted by atomic mass is 10.2. The Morgan fingerprint density at radius 1 is 0.130 bits per heavy atom. The van der Waals surface area contributed by atoms with Crippen molar-refractivity contribution in [2.45, 2.75) is 231 Å². The molecule has 0 atom stereocenters. The van der Waals surface area contributed by atoms with Gasteiger partial charge >= 0.3 is 0 Å². The van der Waals surface area contributed by atoms with E-state index >= 15 is 0 Å². The maximum Gasteiger partial charge on any atom is 0.216 e. The minimum Gasteiger partial charge on any atom is -0.478 e. The molecule has 0 aromatic carbocycles. The molecule has 12 bridgehead atoms. The lowest BCUT2D eigenvalue weighted by molar-refractivity contribution is 0.270. The van der Waals surface area contributed by atoms with Crippen LogP contribution in [0.25, 0.3) is 0 Å². The summed E-state index contributed by atoms with van der Waals surface area (Å²) in [5.74, 6) is 7.30. The van der Waals surface area contributed by atoms with E-state index in [0.29, 0.717) is 150 Å². The highest BCUT2D eigenvalue weighted by Crippen LogP contribution is 2.22. The molecule has 0 fully saturated rings. The molecule has 108 heavy (non-hydrogen) atoms. The zero-order valence-electron chi connectivity index (χ0n) is 64.8. The third-order valence-electron chi connectivity index (χ3n) is 17.4. The largest absolute Gasteiger partial charge is 0.478 e. The van der Waals surface area contributed by atoms with E-state index < -0.39 is 0 Å². The molecule has 0 amide bonds. The molecule has 18 nitrogen and oxygen atoms in total. The molecular formula is C90H126N6O12. The van der Waals surface area contributed by atoms with Gasteiger partial charge in [-0.1, -0.05) is 109 Å². The Labute approximate surface area is 646 Å². The van der Waals surface area contributed by atoms with Crippen LogP contribution in [-0.2, 0) is 0 Å². The van der Waals surface area contributed by atoms with Gasteiger partial charge in [-0.25, -0.2) is 0 Å². The van der Waals surface area contributed by atoms with Crippen molar-refractivity contribution in [3.63, 3.8) is 0 Å². The molecule has 0 aliphatic carbocycles. The van der Waals surface area contributed by atoms with Gasteiger partial charge in [-0.2, -0.15) is 29.9 Å². The minimum absolute atomic E-state index is 0.608. The lowest BCUT2D eigenvalue weighted by Crippen LogP contribution is -2.02. The second-order valence-corrected chi connectivity index (χ2v) is 26.8. The zero-order valence-corrected chi connectivity index (χ0v) is 64.8. The van der Waals surface area contributed by atoms with Crippen molar-refractivity contribution in [3.05, 3.63) is 182 Å². The van der Waals surface area contributed by atoms with Crippen LogP contribution in [0.15, 0.2) is 182 Å². The first-order valence-electron chi connectivity index (χ1n) is 41.0. The summed E-state index contributed by atoms with van der Waals surface area (Å²) in [6, 6.07) is 34.4. The quantitative estimate of drug-likeness (QED) is 0.130. The first kappa shape index (κ1) is 86.2. The highest BCUT2D eigenvalue weighted by atomic mass is 16.5. The van der Waals surface area contributed by atoms with Crippen LogP contribution in [0.5, 0.6) is 70.6 Å². The van der Waals surface area contributed by atoms with E-state index in [4.69, 9.17) is 56.8 Å². The summed E-state index contributed by atoms with van der Waals surface area (Å²) >= 11 is 0. The number of aromatic nitrogens is 6. The summed E-state index contributed by atoms with van der Waals surface area (Å²) < 4.78 is 71.5. The molecule has 0 N–H and O–H groups in total. The summed E-state index contributed by atoms with van der Waals surface area (Å²) in [6.07, 6.45) is 64.0.